The van der Waals surface area contributed by atoms with Gasteiger partial charge in [0.05, 0.1) is 13.2 Å². The summed E-state index contributed by atoms with van der Waals surface area (Å²) in [6.45, 7) is 2.70. The predicted octanol–water partition coefficient (Wildman–Crippen LogP) is 3.65. The molecule has 4 nitrogen and oxygen atoms in total. The fourth-order valence-electron chi connectivity index (χ4n) is 3.49. The van der Waals surface area contributed by atoms with Gasteiger partial charge in [-0.2, -0.15) is 0 Å². The van der Waals surface area contributed by atoms with Crippen LogP contribution in [0.25, 0.3) is 0 Å². The van der Waals surface area contributed by atoms with E-state index in [1.165, 1.54) is 19.3 Å². The highest BCUT2D eigenvalue weighted by atomic mass is 16.5. The minimum absolute atomic E-state index is 0.0301. The van der Waals surface area contributed by atoms with Gasteiger partial charge >= 0.3 is 0 Å². The molecule has 1 N–H and O–H groups in total. The van der Waals surface area contributed by atoms with Crippen molar-refractivity contribution in [1.82, 2.24) is 10.2 Å². The maximum atomic E-state index is 12.5. The number of nitrogens with zero attached hydrogens (tertiary/aromatic N) is 1. The molecule has 3 rings (SSSR count). The van der Waals surface area contributed by atoms with Crippen LogP contribution in [0.4, 0.5) is 0 Å². The van der Waals surface area contributed by atoms with E-state index >= 15 is 0 Å². The van der Waals surface area contributed by atoms with Crippen molar-refractivity contribution >= 4 is 5.91 Å². The first-order chi connectivity index (χ1) is 12.3. The lowest BCUT2D eigenvalue weighted by Crippen LogP contribution is -2.40. The van der Waals surface area contributed by atoms with Gasteiger partial charge < -0.3 is 10.1 Å². The molecule has 2 aromatic carbocycles. The summed E-state index contributed by atoms with van der Waals surface area (Å²) >= 11 is 0. The molecule has 1 aliphatic rings. The first-order valence-electron chi connectivity index (χ1n) is 9.00. The molecule has 0 saturated carbocycles. The standard InChI is InChI=1S/C21H26N2O2/c1-25-20-13-7-6-12-18(20)19(23-14-8-3-9-15-23)16-22-21(24)17-10-4-2-5-11-17/h2,4-7,10-13,19H,3,8-9,14-16H2,1H3,(H,22,24). The first-order valence-corrected chi connectivity index (χ1v) is 9.00. The highest BCUT2D eigenvalue weighted by Gasteiger charge is 2.25. The Morgan fingerprint density at radius 3 is 2.44 bits per heavy atom. The minimum atomic E-state index is -0.0301. The number of nitrogens with one attached hydrogen (secondary N) is 1. The zero-order chi connectivity index (χ0) is 17.5. The van der Waals surface area contributed by atoms with Gasteiger partial charge in [0, 0.05) is 17.7 Å². The smallest absolute Gasteiger partial charge is 0.251 e. The summed E-state index contributed by atoms with van der Waals surface area (Å²) in [7, 11) is 1.70. The number of likely N-dealkylation sites (tertiary alicyclic amines) is 1. The van der Waals surface area contributed by atoms with Crippen LogP contribution in [0.2, 0.25) is 0 Å². The normalized spacial score (nSPS) is 16.2. The summed E-state index contributed by atoms with van der Waals surface area (Å²) in [6.07, 6.45) is 3.70. The number of piperidine rings is 1. The molecule has 0 aliphatic carbocycles. The molecule has 0 bridgehead atoms. The van der Waals surface area contributed by atoms with E-state index in [2.05, 4.69) is 16.3 Å². The molecule has 1 heterocycles. The van der Waals surface area contributed by atoms with Crippen LogP contribution in [-0.4, -0.2) is 37.6 Å². The van der Waals surface area contributed by atoms with Crippen LogP contribution in [-0.2, 0) is 0 Å². The van der Waals surface area contributed by atoms with Gasteiger partial charge in [-0.05, 0) is 44.1 Å². The fourth-order valence-corrected chi connectivity index (χ4v) is 3.49. The van der Waals surface area contributed by atoms with Crippen molar-refractivity contribution in [2.75, 3.05) is 26.7 Å². The molecule has 0 radical (unpaired) electrons. The number of carbonyl (C=O) groups excluding carboxylic acids is 1. The maximum absolute atomic E-state index is 12.5. The van der Waals surface area contributed by atoms with Crippen molar-refractivity contribution in [3.05, 3.63) is 65.7 Å². The quantitative estimate of drug-likeness (QED) is 0.874. The second kappa shape index (κ2) is 8.67. The van der Waals surface area contributed by atoms with Gasteiger partial charge in [0.25, 0.3) is 5.91 Å². The summed E-state index contributed by atoms with van der Waals surface area (Å²) in [5.41, 5.74) is 1.83. The monoisotopic (exact) mass is 338 g/mol. The molecular weight excluding hydrogens is 312 g/mol. The number of hydrogen-bond acceptors (Lipinski definition) is 3. The highest BCUT2D eigenvalue weighted by Crippen LogP contribution is 2.30. The molecule has 1 fully saturated rings. The van der Waals surface area contributed by atoms with Gasteiger partial charge in [0.15, 0.2) is 0 Å². The van der Waals surface area contributed by atoms with E-state index in [1.807, 2.05) is 48.5 Å². The van der Waals surface area contributed by atoms with Crippen LogP contribution in [0.5, 0.6) is 5.75 Å². The Kier molecular flexibility index (Phi) is 6.07. The Labute approximate surface area is 149 Å². The molecule has 0 spiro atoms. The molecule has 4 heteroatoms. The molecule has 2 aromatic rings. The number of carbonyl (C=O) groups is 1. The van der Waals surface area contributed by atoms with E-state index in [4.69, 9.17) is 4.74 Å². The summed E-state index contributed by atoms with van der Waals surface area (Å²) in [6, 6.07) is 17.6. The second-order valence-electron chi connectivity index (χ2n) is 6.43. The van der Waals surface area contributed by atoms with E-state index in [0.29, 0.717) is 12.1 Å². The molecule has 1 unspecified atom stereocenters. The van der Waals surface area contributed by atoms with Crippen LogP contribution in [0.3, 0.4) is 0 Å². The number of ether oxygens (including phenoxy) is 1. The topological polar surface area (TPSA) is 41.6 Å². The van der Waals surface area contributed by atoms with E-state index < -0.39 is 0 Å². The summed E-state index contributed by atoms with van der Waals surface area (Å²) in [5, 5.41) is 3.11. The van der Waals surface area contributed by atoms with Crippen LogP contribution in [0.1, 0.15) is 41.2 Å². The van der Waals surface area contributed by atoms with E-state index in [0.717, 1.165) is 24.4 Å². The summed E-state index contributed by atoms with van der Waals surface area (Å²) < 4.78 is 5.57. The minimum Gasteiger partial charge on any atom is -0.496 e. The molecule has 1 aliphatic heterocycles. The molecule has 0 aromatic heterocycles. The number of benzene rings is 2. The third-order valence-corrected chi connectivity index (χ3v) is 4.82. The highest BCUT2D eigenvalue weighted by molar-refractivity contribution is 5.94. The van der Waals surface area contributed by atoms with Crippen LogP contribution in [0.15, 0.2) is 54.6 Å². The van der Waals surface area contributed by atoms with Crippen molar-refractivity contribution in [2.45, 2.75) is 25.3 Å². The zero-order valence-corrected chi connectivity index (χ0v) is 14.8. The SMILES string of the molecule is COc1ccccc1C(CNC(=O)c1ccccc1)N1CCCCC1. The van der Waals surface area contributed by atoms with Gasteiger partial charge in [-0.25, -0.2) is 0 Å². The van der Waals surface area contributed by atoms with E-state index in [9.17, 15) is 4.79 Å². The van der Waals surface area contributed by atoms with Gasteiger partial charge in [0.2, 0.25) is 0 Å². The van der Waals surface area contributed by atoms with E-state index in [1.54, 1.807) is 7.11 Å². The summed E-state index contributed by atoms with van der Waals surface area (Å²) in [5.74, 6) is 0.851. The second-order valence-corrected chi connectivity index (χ2v) is 6.43. The Hall–Kier alpha value is -2.33. The number of rotatable bonds is 6. The lowest BCUT2D eigenvalue weighted by Gasteiger charge is -2.35. The third kappa shape index (κ3) is 4.40. The van der Waals surface area contributed by atoms with Crippen molar-refractivity contribution < 1.29 is 9.53 Å². The Morgan fingerprint density at radius 1 is 1.04 bits per heavy atom. The van der Waals surface area contributed by atoms with Crippen molar-refractivity contribution in [3.8, 4) is 5.75 Å². The molecule has 132 valence electrons. The summed E-state index contributed by atoms with van der Waals surface area (Å²) in [4.78, 5) is 14.9. The number of amides is 1. The predicted molar refractivity (Wildman–Crippen MR) is 99.9 cm³/mol. The van der Waals surface area contributed by atoms with Crippen LogP contribution >= 0.6 is 0 Å². The van der Waals surface area contributed by atoms with Crippen molar-refractivity contribution in [1.29, 1.82) is 0 Å². The maximum Gasteiger partial charge on any atom is 0.251 e. The van der Waals surface area contributed by atoms with Gasteiger partial charge in [-0.15, -0.1) is 0 Å². The zero-order valence-electron chi connectivity index (χ0n) is 14.8. The Bertz CT molecular complexity index is 681. The number of hydrogen-bond donors (Lipinski definition) is 1. The number of methoxy groups -OCH3 is 1. The average molecular weight is 338 g/mol. The molecule has 1 amide bonds. The lowest BCUT2D eigenvalue weighted by atomic mass is 10.0. The molecule has 1 saturated heterocycles. The van der Waals surface area contributed by atoms with Gasteiger partial charge in [0.1, 0.15) is 5.75 Å². The largest absolute Gasteiger partial charge is 0.496 e. The number of para-hydroxylation sites is 1. The Balaban J connectivity index is 1.78. The molecule has 25 heavy (non-hydrogen) atoms. The Morgan fingerprint density at radius 2 is 1.72 bits per heavy atom. The third-order valence-electron chi connectivity index (χ3n) is 4.82. The molecule has 1 atom stereocenters. The van der Waals surface area contributed by atoms with Gasteiger partial charge in [-0.3, -0.25) is 9.69 Å². The average Bonchev–Trinajstić information content (AvgIpc) is 2.70. The van der Waals surface area contributed by atoms with E-state index in [-0.39, 0.29) is 11.9 Å². The lowest BCUT2D eigenvalue weighted by molar-refractivity contribution is 0.0923. The first kappa shape index (κ1) is 17.5. The van der Waals surface area contributed by atoms with Crippen molar-refractivity contribution in [2.24, 2.45) is 0 Å². The van der Waals surface area contributed by atoms with Crippen molar-refractivity contribution in [3.63, 3.8) is 0 Å². The van der Waals surface area contributed by atoms with Crippen LogP contribution in [0, 0.1) is 0 Å². The molecular formula is C21H26N2O2. The van der Waals surface area contributed by atoms with Gasteiger partial charge in [-0.1, -0.05) is 42.8 Å². The van der Waals surface area contributed by atoms with Crippen LogP contribution < -0.4 is 10.1 Å². The fraction of sp³-hybridized carbons (Fsp3) is 0.381.